The summed E-state index contributed by atoms with van der Waals surface area (Å²) in [6.45, 7) is 14.3. The number of hydrogen-bond acceptors (Lipinski definition) is 14. The SMILES string of the molecule is CCCN(C(=O)COc1cc2c(O)c3c(O)c(C)c4c(c13)C(=O)C(C)(OC=CC(OC)C(C)C(OC(C)=O)C(C)C(O)C(C)C(O)C(C)C=CC=C(C)C(=O)N2)O4)N(C)C. The number of carbonyl (C=O) groups is 4. The Hall–Kier alpha value is -5.16. The van der Waals surface area contributed by atoms with Gasteiger partial charge in [-0.2, -0.15) is 0 Å². The van der Waals surface area contributed by atoms with Crippen LogP contribution in [0.3, 0.4) is 0 Å². The molecule has 5 bridgehead atoms. The van der Waals surface area contributed by atoms with Gasteiger partial charge in [-0.1, -0.05) is 52.8 Å². The third kappa shape index (κ3) is 9.72. The van der Waals surface area contributed by atoms with E-state index in [9.17, 15) is 39.6 Å². The third-order valence-corrected chi connectivity index (χ3v) is 11.4. The molecule has 0 spiro atoms. The number of hydrogen-bond donors (Lipinski definition) is 5. The third-order valence-electron chi connectivity index (χ3n) is 11.4. The molecule has 0 saturated carbocycles. The molecule has 0 saturated heterocycles. The number of esters is 1. The van der Waals surface area contributed by atoms with Crippen molar-refractivity contribution < 1.29 is 63.3 Å². The number of aliphatic hydroxyl groups is 2. The summed E-state index contributed by atoms with van der Waals surface area (Å²) >= 11 is 0. The summed E-state index contributed by atoms with van der Waals surface area (Å²) in [6, 6.07) is 1.26. The Balaban J connectivity index is 1.94. The summed E-state index contributed by atoms with van der Waals surface area (Å²) < 4.78 is 29.8. The number of rotatable bonds is 8. The fraction of sp³-hybridized carbons (Fsp3) is 0.545. The highest BCUT2D eigenvalue weighted by Gasteiger charge is 2.50. The van der Waals surface area contributed by atoms with Gasteiger partial charge in [-0.3, -0.25) is 24.2 Å². The van der Waals surface area contributed by atoms with E-state index >= 15 is 0 Å². The first kappa shape index (κ1) is 47.5. The molecule has 0 aromatic heterocycles. The summed E-state index contributed by atoms with van der Waals surface area (Å²) in [5.74, 6) is -8.16. The van der Waals surface area contributed by atoms with Crippen LogP contribution in [0, 0.1) is 30.6 Å². The zero-order valence-electron chi connectivity index (χ0n) is 36.6. The van der Waals surface area contributed by atoms with Gasteiger partial charge in [0.25, 0.3) is 17.6 Å². The molecule has 2 aromatic rings. The Kier molecular flexibility index (Phi) is 15.4. The lowest BCUT2D eigenvalue weighted by Gasteiger charge is -2.38. The van der Waals surface area contributed by atoms with Gasteiger partial charge >= 0.3 is 11.8 Å². The van der Waals surface area contributed by atoms with Gasteiger partial charge < -0.3 is 49.4 Å². The predicted molar refractivity (Wildman–Crippen MR) is 223 cm³/mol. The van der Waals surface area contributed by atoms with Crippen molar-refractivity contribution in [1.29, 1.82) is 0 Å². The van der Waals surface area contributed by atoms with Gasteiger partial charge in [0.15, 0.2) is 12.4 Å². The second-order valence-corrected chi connectivity index (χ2v) is 16.1. The number of Topliss-reactive ketones (excluding diaryl/α,β-unsaturated/α-hetero) is 1. The maximum absolute atomic E-state index is 14.5. The Morgan fingerprint density at radius 2 is 1.63 bits per heavy atom. The molecular formula is C44H61N3O13. The maximum atomic E-state index is 14.5. The van der Waals surface area contributed by atoms with E-state index in [0.29, 0.717) is 13.0 Å². The first-order valence-electron chi connectivity index (χ1n) is 20.1. The number of allylic oxidation sites excluding steroid dienone is 2. The highest BCUT2D eigenvalue weighted by molar-refractivity contribution is 6.21. The number of carbonyl (C=O) groups excluding carboxylic acids is 4. The molecule has 330 valence electrons. The Bertz CT molecular complexity index is 2040. The van der Waals surface area contributed by atoms with E-state index in [0.717, 1.165) is 0 Å². The molecule has 60 heavy (non-hydrogen) atoms. The van der Waals surface area contributed by atoms with Gasteiger partial charge in [0.05, 0.1) is 41.2 Å². The van der Waals surface area contributed by atoms with Gasteiger partial charge in [0.2, 0.25) is 0 Å². The minimum absolute atomic E-state index is 0.0646. The molecule has 3 aliphatic rings. The normalized spacial score (nSPS) is 27.7. The largest absolute Gasteiger partial charge is 0.507 e. The van der Waals surface area contributed by atoms with E-state index in [1.807, 2.05) is 6.92 Å². The highest BCUT2D eigenvalue weighted by Crippen LogP contribution is 2.54. The Morgan fingerprint density at radius 1 is 0.967 bits per heavy atom. The highest BCUT2D eigenvalue weighted by atomic mass is 16.7. The summed E-state index contributed by atoms with van der Waals surface area (Å²) in [4.78, 5) is 53.9. The molecule has 0 radical (unpaired) electrons. The molecule has 9 atom stereocenters. The number of hydrazine groups is 1. The van der Waals surface area contributed by atoms with Crippen molar-refractivity contribution in [3.8, 4) is 23.0 Å². The number of methoxy groups -OCH3 is 1. The van der Waals surface area contributed by atoms with Crippen LogP contribution in [-0.4, -0.2) is 119 Å². The van der Waals surface area contributed by atoms with E-state index in [1.165, 1.54) is 64.3 Å². The molecule has 16 heteroatoms. The smallest absolute Gasteiger partial charge is 0.312 e. The van der Waals surface area contributed by atoms with E-state index in [4.69, 9.17) is 23.7 Å². The van der Waals surface area contributed by atoms with Gasteiger partial charge in [-0.05, 0) is 26.3 Å². The minimum Gasteiger partial charge on any atom is -0.507 e. The number of benzene rings is 2. The van der Waals surface area contributed by atoms with Crippen molar-refractivity contribution in [2.45, 2.75) is 98.9 Å². The number of aromatic hydroxyl groups is 2. The average molecular weight is 840 g/mol. The van der Waals surface area contributed by atoms with Crippen LogP contribution >= 0.6 is 0 Å². The van der Waals surface area contributed by atoms with Crippen LogP contribution in [0.25, 0.3) is 10.8 Å². The molecule has 2 aromatic carbocycles. The van der Waals surface area contributed by atoms with Crippen molar-refractivity contribution >= 4 is 40.0 Å². The standard InChI is InChI=1S/C44H61N3O13/c1-13-18-47(46(10)11)32(49)21-57-31-20-29-39(53)34-33(31)35-41(27(7)38(34)52)60-44(9,42(35)54)58-19-17-30(56-12)24(4)40(59-28(8)48)26(6)37(51)25(5)36(50)22(2)15-14-16-23(3)43(55)45-29/h14-17,19-20,22,24-26,30,36-37,40,50-53H,13,18,21H2,1-12H3,(H,45,55). The van der Waals surface area contributed by atoms with Crippen LogP contribution in [0.2, 0.25) is 0 Å². The lowest BCUT2D eigenvalue weighted by Crippen LogP contribution is -2.46. The van der Waals surface area contributed by atoms with Crippen LogP contribution in [0.5, 0.6) is 23.0 Å². The molecule has 3 heterocycles. The van der Waals surface area contributed by atoms with Gasteiger partial charge in [0, 0.05) is 87.9 Å². The zero-order valence-corrected chi connectivity index (χ0v) is 36.6. The van der Waals surface area contributed by atoms with Crippen molar-refractivity contribution in [3.63, 3.8) is 0 Å². The zero-order chi connectivity index (χ0) is 45.0. The Labute approximate surface area is 351 Å². The van der Waals surface area contributed by atoms with Gasteiger partial charge in [0.1, 0.15) is 23.4 Å². The monoisotopic (exact) mass is 839 g/mol. The number of fused-ring (bicyclic) bond motifs is 14. The number of amides is 2. The second-order valence-electron chi connectivity index (χ2n) is 16.1. The van der Waals surface area contributed by atoms with Crippen LogP contribution in [0.1, 0.15) is 77.7 Å². The molecule has 0 fully saturated rings. The number of aliphatic hydroxyl groups excluding tert-OH is 2. The molecule has 2 amide bonds. The molecule has 9 unspecified atom stereocenters. The fourth-order valence-corrected chi connectivity index (χ4v) is 7.72. The first-order valence-corrected chi connectivity index (χ1v) is 20.1. The van der Waals surface area contributed by atoms with Crippen molar-refractivity contribution in [1.82, 2.24) is 10.0 Å². The van der Waals surface area contributed by atoms with E-state index < -0.39 is 95.5 Å². The average Bonchev–Trinajstić information content (AvgIpc) is 3.46. The molecular weight excluding hydrogens is 778 g/mol. The van der Waals surface area contributed by atoms with Crippen molar-refractivity contribution in [2.24, 2.45) is 23.7 Å². The minimum atomic E-state index is -2.03. The second kappa shape index (κ2) is 19.5. The number of nitrogens with zero attached hydrogens (tertiary/aromatic N) is 2. The van der Waals surface area contributed by atoms with Crippen LogP contribution in [0.4, 0.5) is 5.69 Å². The molecule has 0 aliphatic carbocycles. The van der Waals surface area contributed by atoms with Crippen molar-refractivity contribution in [2.75, 3.05) is 39.7 Å². The summed E-state index contributed by atoms with van der Waals surface area (Å²) in [5, 5.41) is 51.6. The van der Waals surface area contributed by atoms with E-state index in [1.54, 1.807) is 59.0 Å². The number of ether oxygens (including phenoxy) is 5. The van der Waals surface area contributed by atoms with Crippen LogP contribution in [-0.2, 0) is 28.6 Å². The van der Waals surface area contributed by atoms with E-state index in [2.05, 4.69) is 5.32 Å². The maximum Gasteiger partial charge on any atom is 0.312 e. The number of phenolic OH excluding ortho intramolecular Hbond substituents is 2. The van der Waals surface area contributed by atoms with E-state index in [-0.39, 0.29) is 44.7 Å². The van der Waals surface area contributed by atoms with Crippen molar-refractivity contribution in [3.05, 3.63) is 53.3 Å². The van der Waals surface area contributed by atoms with Gasteiger partial charge in [-0.25, -0.2) is 5.01 Å². The molecule has 5 N–H and O–H groups in total. The molecule has 5 rings (SSSR count). The Morgan fingerprint density at radius 3 is 2.23 bits per heavy atom. The predicted octanol–water partition coefficient (Wildman–Crippen LogP) is 5.14. The number of anilines is 1. The van der Waals surface area contributed by atoms with Crippen LogP contribution < -0.4 is 14.8 Å². The number of ketones is 1. The summed E-state index contributed by atoms with van der Waals surface area (Å²) in [7, 11) is 4.85. The fourth-order valence-electron chi connectivity index (χ4n) is 7.72. The molecule has 3 aliphatic heterocycles. The number of nitrogens with one attached hydrogen (secondary N) is 1. The lowest BCUT2D eigenvalue weighted by atomic mass is 9.78. The quantitative estimate of drug-likeness (QED) is 0.132. The summed E-state index contributed by atoms with van der Waals surface area (Å²) in [6.07, 6.45) is 4.23. The van der Waals surface area contributed by atoms with Crippen LogP contribution in [0.15, 0.2) is 42.2 Å². The summed E-state index contributed by atoms with van der Waals surface area (Å²) in [5.41, 5.74) is -0.0377. The topological polar surface area (TPSA) is 214 Å². The lowest BCUT2D eigenvalue weighted by molar-refractivity contribution is -0.160. The van der Waals surface area contributed by atoms with Gasteiger partial charge in [-0.15, -0.1) is 0 Å². The first-order chi connectivity index (χ1) is 28.1. The number of phenols is 2. The molecule has 16 nitrogen and oxygen atoms in total.